The van der Waals surface area contributed by atoms with Crippen LogP contribution in [0, 0.1) is 0 Å². The van der Waals surface area contributed by atoms with Gasteiger partial charge in [0.15, 0.2) is 5.11 Å². The third-order valence-corrected chi connectivity index (χ3v) is 5.92. The molecule has 0 saturated carbocycles. The first-order valence-corrected chi connectivity index (χ1v) is 12.4. The van der Waals surface area contributed by atoms with E-state index in [9.17, 15) is 9.59 Å². The molecule has 2 aromatic carbocycles. The van der Waals surface area contributed by atoms with E-state index >= 15 is 0 Å². The van der Waals surface area contributed by atoms with Gasteiger partial charge in [-0.15, -0.1) is 0 Å². The second-order valence-electron chi connectivity index (χ2n) is 8.07. The highest BCUT2D eigenvalue weighted by Gasteiger charge is 2.23. The number of carbonyl (C=O) groups excluding carboxylic acids is 2. The summed E-state index contributed by atoms with van der Waals surface area (Å²) in [5.74, 6) is 0.682. The average molecular weight is 503 g/mol. The number of carbonyl (C=O) groups is 2. The number of amides is 2. The predicted octanol–water partition coefficient (Wildman–Crippen LogP) is 4.70. The Kier molecular flexibility index (Phi) is 9.53. The van der Waals surface area contributed by atoms with Crippen molar-refractivity contribution >= 4 is 52.1 Å². The minimum absolute atomic E-state index is 0.0194. The van der Waals surface area contributed by atoms with Crippen LogP contribution in [0.5, 0.6) is 5.75 Å². The van der Waals surface area contributed by atoms with E-state index in [0.717, 1.165) is 24.3 Å². The molecule has 1 aliphatic rings. The SMILES string of the molecule is CCCOc1ccc(C(=O)N2CCN(c3ccc(NC(=S)NC(=O)CCC)cc3Cl)CC2)cc1. The Morgan fingerprint density at radius 3 is 2.35 bits per heavy atom. The van der Waals surface area contributed by atoms with Gasteiger partial charge in [-0.3, -0.25) is 9.59 Å². The molecule has 0 atom stereocenters. The Bertz CT molecular complexity index is 1010. The minimum Gasteiger partial charge on any atom is -0.494 e. The van der Waals surface area contributed by atoms with Gasteiger partial charge in [-0.25, -0.2) is 0 Å². The normalized spacial score (nSPS) is 13.4. The van der Waals surface area contributed by atoms with Crippen LogP contribution in [0.15, 0.2) is 42.5 Å². The van der Waals surface area contributed by atoms with Gasteiger partial charge in [-0.2, -0.15) is 0 Å². The zero-order chi connectivity index (χ0) is 24.5. The third kappa shape index (κ3) is 7.08. The summed E-state index contributed by atoms with van der Waals surface area (Å²) in [4.78, 5) is 28.6. The first kappa shape index (κ1) is 25.8. The molecule has 0 spiro atoms. The summed E-state index contributed by atoms with van der Waals surface area (Å²) in [5, 5.41) is 6.47. The van der Waals surface area contributed by atoms with E-state index in [1.807, 2.05) is 48.2 Å². The van der Waals surface area contributed by atoms with Gasteiger partial charge in [-0.1, -0.05) is 25.4 Å². The Balaban J connectivity index is 1.53. The molecule has 3 rings (SSSR count). The summed E-state index contributed by atoms with van der Waals surface area (Å²) in [6.45, 7) is 7.24. The lowest BCUT2D eigenvalue weighted by molar-refractivity contribution is -0.119. The van der Waals surface area contributed by atoms with Crippen molar-refractivity contribution in [3.63, 3.8) is 0 Å². The molecule has 2 amide bonds. The van der Waals surface area contributed by atoms with Crippen LogP contribution in [-0.2, 0) is 4.79 Å². The summed E-state index contributed by atoms with van der Waals surface area (Å²) in [6.07, 6.45) is 2.13. The number of piperazine rings is 1. The number of ether oxygens (including phenoxy) is 1. The highest BCUT2D eigenvalue weighted by atomic mass is 35.5. The molecule has 1 aliphatic heterocycles. The fourth-order valence-electron chi connectivity index (χ4n) is 3.67. The second-order valence-corrected chi connectivity index (χ2v) is 8.89. The van der Waals surface area contributed by atoms with Crippen LogP contribution in [0.2, 0.25) is 5.02 Å². The molecule has 0 aliphatic carbocycles. The average Bonchev–Trinajstić information content (AvgIpc) is 2.83. The predicted molar refractivity (Wildman–Crippen MR) is 141 cm³/mol. The van der Waals surface area contributed by atoms with Crippen molar-refractivity contribution in [2.75, 3.05) is 43.0 Å². The quantitative estimate of drug-likeness (QED) is 0.509. The lowest BCUT2D eigenvalue weighted by atomic mass is 10.1. The van der Waals surface area contributed by atoms with Crippen LogP contribution in [0.4, 0.5) is 11.4 Å². The van der Waals surface area contributed by atoms with E-state index in [0.29, 0.717) is 55.5 Å². The molecule has 0 radical (unpaired) electrons. The summed E-state index contributed by atoms with van der Waals surface area (Å²) in [6, 6.07) is 12.9. The number of hydrogen-bond acceptors (Lipinski definition) is 5. The number of hydrogen-bond donors (Lipinski definition) is 2. The number of nitrogens with zero attached hydrogens (tertiary/aromatic N) is 2. The number of nitrogens with one attached hydrogen (secondary N) is 2. The molecule has 7 nitrogen and oxygen atoms in total. The van der Waals surface area contributed by atoms with Crippen molar-refractivity contribution in [3.05, 3.63) is 53.1 Å². The smallest absolute Gasteiger partial charge is 0.253 e. The monoisotopic (exact) mass is 502 g/mol. The van der Waals surface area contributed by atoms with Crippen LogP contribution in [0.25, 0.3) is 0 Å². The fraction of sp³-hybridized carbons (Fsp3) is 0.400. The number of halogens is 1. The molecule has 2 aromatic rings. The lowest BCUT2D eigenvalue weighted by Crippen LogP contribution is -2.48. The van der Waals surface area contributed by atoms with Gasteiger partial charge >= 0.3 is 0 Å². The Morgan fingerprint density at radius 1 is 1.03 bits per heavy atom. The zero-order valence-electron chi connectivity index (χ0n) is 19.6. The number of benzene rings is 2. The maximum Gasteiger partial charge on any atom is 0.253 e. The summed E-state index contributed by atoms with van der Waals surface area (Å²) >= 11 is 11.7. The van der Waals surface area contributed by atoms with Gasteiger partial charge in [0.2, 0.25) is 5.91 Å². The van der Waals surface area contributed by atoms with Crippen LogP contribution in [0.1, 0.15) is 43.5 Å². The number of anilines is 2. The molecular weight excluding hydrogens is 472 g/mol. The van der Waals surface area contributed by atoms with Crippen LogP contribution in [0.3, 0.4) is 0 Å². The maximum atomic E-state index is 12.9. The van der Waals surface area contributed by atoms with E-state index < -0.39 is 0 Å². The molecule has 34 heavy (non-hydrogen) atoms. The van der Waals surface area contributed by atoms with E-state index in [2.05, 4.69) is 22.5 Å². The molecule has 0 aromatic heterocycles. The Labute approximate surface area is 211 Å². The molecule has 0 unspecified atom stereocenters. The van der Waals surface area contributed by atoms with E-state index in [-0.39, 0.29) is 16.9 Å². The van der Waals surface area contributed by atoms with E-state index in [1.165, 1.54) is 0 Å². The molecule has 0 bridgehead atoms. The van der Waals surface area contributed by atoms with Gasteiger partial charge < -0.3 is 25.2 Å². The highest BCUT2D eigenvalue weighted by molar-refractivity contribution is 7.80. The maximum absolute atomic E-state index is 12.9. The molecule has 1 saturated heterocycles. The van der Waals surface area contributed by atoms with Crippen LogP contribution in [-0.4, -0.2) is 54.6 Å². The van der Waals surface area contributed by atoms with Gasteiger partial charge in [0.05, 0.1) is 17.3 Å². The van der Waals surface area contributed by atoms with Crippen molar-refractivity contribution in [3.8, 4) is 5.75 Å². The van der Waals surface area contributed by atoms with Crippen molar-refractivity contribution in [1.82, 2.24) is 10.2 Å². The fourth-order valence-corrected chi connectivity index (χ4v) is 4.20. The minimum atomic E-state index is -0.115. The Morgan fingerprint density at radius 2 is 1.74 bits per heavy atom. The summed E-state index contributed by atoms with van der Waals surface area (Å²) < 4.78 is 5.59. The second kappa shape index (κ2) is 12.6. The van der Waals surface area contributed by atoms with Gasteiger partial charge in [0.25, 0.3) is 5.91 Å². The zero-order valence-corrected chi connectivity index (χ0v) is 21.2. The molecule has 2 N–H and O–H groups in total. The van der Waals surface area contributed by atoms with Gasteiger partial charge in [0, 0.05) is 43.9 Å². The standard InChI is InChI=1S/C25H31ClN4O3S/c1-3-5-23(31)28-25(34)27-19-8-11-22(21(26)17-19)29-12-14-30(15-13-29)24(32)18-6-9-20(10-7-18)33-16-4-2/h6-11,17H,3-5,12-16H2,1-2H3,(H2,27,28,31,34). The molecule has 1 fully saturated rings. The topological polar surface area (TPSA) is 73.9 Å². The first-order valence-electron chi connectivity index (χ1n) is 11.6. The van der Waals surface area contributed by atoms with Crippen LogP contribution < -0.4 is 20.3 Å². The van der Waals surface area contributed by atoms with E-state index in [4.69, 9.17) is 28.6 Å². The largest absolute Gasteiger partial charge is 0.494 e. The highest BCUT2D eigenvalue weighted by Crippen LogP contribution is 2.30. The molecule has 182 valence electrons. The van der Waals surface area contributed by atoms with Crippen molar-refractivity contribution in [2.45, 2.75) is 33.1 Å². The lowest BCUT2D eigenvalue weighted by Gasteiger charge is -2.36. The van der Waals surface area contributed by atoms with Crippen LogP contribution >= 0.6 is 23.8 Å². The molecular formula is C25H31ClN4O3S. The molecule has 9 heteroatoms. The number of rotatable bonds is 8. The molecule has 1 heterocycles. The van der Waals surface area contributed by atoms with Gasteiger partial charge in [0.1, 0.15) is 5.75 Å². The summed E-state index contributed by atoms with van der Waals surface area (Å²) in [5.41, 5.74) is 2.26. The third-order valence-electron chi connectivity index (χ3n) is 5.42. The van der Waals surface area contributed by atoms with Gasteiger partial charge in [-0.05, 0) is 67.5 Å². The van der Waals surface area contributed by atoms with Crippen molar-refractivity contribution in [2.24, 2.45) is 0 Å². The van der Waals surface area contributed by atoms with E-state index in [1.54, 1.807) is 6.07 Å². The van der Waals surface area contributed by atoms with Crippen molar-refractivity contribution in [1.29, 1.82) is 0 Å². The first-order chi connectivity index (χ1) is 16.4. The Hall–Kier alpha value is -2.84. The summed E-state index contributed by atoms with van der Waals surface area (Å²) in [7, 11) is 0. The van der Waals surface area contributed by atoms with Crippen molar-refractivity contribution < 1.29 is 14.3 Å². The number of thiocarbonyl (C=S) groups is 1.